The van der Waals surface area contributed by atoms with E-state index in [2.05, 4.69) is 5.32 Å². The Bertz CT molecular complexity index is 646. The summed E-state index contributed by atoms with van der Waals surface area (Å²) >= 11 is 7.39. The highest BCUT2D eigenvalue weighted by molar-refractivity contribution is 8.00. The monoisotopic (exact) mass is 347 g/mol. The molecule has 1 N–H and O–H groups in total. The molecule has 2 atom stereocenters. The number of hydrogen-bond donors (Lipinski definition) is 1. The predicted molar refractivity (Wildman–Crippen MR) is 86.9 cm³/mol. The fourth-order valence-corrected chi connectivity index (χ4v) is 5.49. The van der Waals surface area contributed by atoms with Gasteiger partial charge in [0, 0.05) is 4.90 Å². The minimum atomic E-state index is -3.12. The van der Waals surface area contributed by atoms with Crippen LogP contribution >= 0.6 is 23.4 Å². The van der Waals surface area contributed by atoms with E-state index in [0.717, 1.165) is 4.90 Å². The van der Waals surface area contributed by atoms with Crippen LogP contribution in [0.2, 0.25) is 0 Å². The van der Waals surface area contributed by atoms with Crippen LogP contribution in [0, 0.1) is 13.8 Å². The van der Waals surface area contributed by atoms with E-state index in [9.17, 15) is 13.2 Å². The van der Waals surface area contributed by atoms with Gasteiger partial charge >= 0.3 is 0 Å². The normalized spacial score (nSPS) is 24.0. The zero-order valence-electron chi connectivity index (χ0n) is 11.9. The fourth-order valence-electron chi connectivity index (χ4n) is 2.14. The number of hydrogen-bond acceptors (Lipinski definition) is 4. The van der Waals surface area contributed by atoms with Crippen LogP contribution in [0.5, 0.6) is 0 Å². The first-order valence-electron chi connectivity index (χ1n) is 6.61. The summed E-state index contributed by atoms with van der Waals surface area (Å²) in [7, 11) is -3.12. The second-order valence-corrected chi connectivity index (χ2v) is 9.06. The molecular weight excluding hydrogens is 330 g/mol. The molecule has 1 heterocycles. The number of carbonyl (C=O) groups is 1. The van der Waals surface area contributed by atoms with E-state index < -0.39 is 21.3 Å². The van der Waals surface area contributed by atoms with Crippen molar-refractivity contribution in [3.8, 4) is 0 Å². The van der Waals surface area contributed by atoms with Gasteiger partial charge in [0.15, 0.2) is 9.84 Å². The molecule has 0 unspecified atom stereocenters. The van der Waals surface area contributed by atoms with Crippen molar-refractivity contribution in [2.75, 3.05) is 17.3 Å². The number of thioether (sulfide) groups is 1. The number of carbonyl (C=O) groups excluding carboxylic acids is 1. The van der Waals surface area contributed by atoms with Crippen molar-refractivity contribution in [3.05, 3.63) is 29.3 Å². The summed E-state index contributed by atoms with van der Waals surface area (Å²) in [6.45, 7) is 4.07. The van der Waals surface area contributed by atoms with Gasteiger partial charge in [0.25, 0.3) is 0 Å². The molecule has 0 radical (unpaired) electrons. The maximum absolute atomic E-state index is 11.9. The van der Waals surface area contributed by atoms with Crippen molar-refractivity contribution in [1.29, 1.82) is 0 Å². The van der Waals surface area contributed by atoms with Crippen molar-refractivity contribution >= 4 is 39.1 Å². The summed E-state index contributed by atoms with van der Waals surface area (Å²) in [5.74, 6) is -0.0702. The average molecular weight is 348 g/mol. The lowest BCUT2D eigenvalue weighted by Crippen LogP contribution is -2.41. The first-order chi connectivity index (χ1) is 9.77. The summed E-state index contributed by atoms with van der Waals surface area (Å²) in [5, 5.41) is 2.17. The van der Waals surface area contributed by atoms with Crippen LogP contribution in [0.25, 0.3) is 0 Å². The maximum Gasteiger partial charge on any atom is 0.230 e. The van der Waals surface area contributed by atoms with Crippen LogP contribution in [0.15, 0.2) is 23.1 Å². The quantitative estimate of drug-likeness (QED) is 0.667. The van der Waals surface area contributed by atoms with Gasteiger partial charge < -0.3 is 5.32 Å². The molecule has 4 nitrogen and oxygen atoms in total. The summed E-state index contributed by atoms with van der Waals surface area (Å²) < 4.78 is 22.9. The molecule has 0 bridgehead atoms. The van der Waals surface area contributed by atoms with Gasteiger partial charge in [0.2, 0.25) is 5.91 Å². The zero-order valence-corrected chi connectivity index (χ0v) is 14.3. The molecule has 0 aromatic heterocycles. The molecule has 7 heteroatoms. The number of alkyl halides is 1. The first-order valence-corrected chi connectivity index (χ1v) is 9.85. The van der Waals surface area contributed by atoms with Crippen LogP contribution in [0.1, 0.15) is 11.1 Å². The third-order valence-corrected chi connectivity index (χ3v) is 6.85. The summed E-state index contributed by atoms with van der Waals surface area (Å²) in [5.41, 5.74) is 2.40. The maximum atomic E-state index is 11.9. The Hall–Kier alpha value is -0.720. The Morgan fingerprint density at radius 2 is 2.05 bits per heavy atom. The highest BCUT2D eigenvalue weighted by Crippen LogP contribution is 2.22. The molecule has 0 saturated carbocycles. The third kappa shape index (κ3) is 4.63. The lowest BCUT2D eigenvalue weighted by atomic mass is 10.1. The predicted octanol–water partition coefficient (Wildman–Crippen LogP) is 1.92. The Kier molecular flexibility index (Phi) is 5.22. The molecule has 1 aromatic carbocycles. The zero-order chi connectivity index (χ0) is 15.6. The minimum Gasteiger partial charge on any atom is -0.350 e. The van der Waals surface area contributed by atoms with Gasteiger partial charge in [-0.15, -0.1) is 23.4 Å². The highest BCUT2D eigenvalue weighted by Gasteiger charge is 2.37. The van der Waals surface area contributed by atoms with E-state index in [0.29, 0.717) is 0 Å². The third-order valence-electron chi connectivity index (χ3n) is 3.48. The smallest absolute Gasteiger partial charge is 0.230 e. The van der Waals surface area contributed by atoms with Gasteiger partial charge in [0.1, 0.15) is 0 Å². The van der Waals surface area contributed by atoms with Gasteiger partial charge in [0.05, 0.1) is 28.7 Å². The lowest BCUT2D eigenvalue weighted by molar-refractivity contribution is -0.119. The van der Waals surface area contributed by atoms with Gasteiger partial charge in [-0.2, -0.15) is 0 Å². The number of amides is 1. The number of nitrogens with one attached hydrogen (secondary N) is 1. The average Bonchev–Trinajstić information content (AvgIpc) is 2.64. The number of halogens is 1. The SMILES string of the molecule is Cc1ccc(SCC(=O)N[C@@H]2CS(=O)(=O)C[C@@H]2Cl)cc1C. The largest absolute Gasteiger partial charge is 0.350 e. The van der Waals surface area contributed by atoms with Crippen LogP contribution in [0.3, 0.4) is 0 Å². The molecule has 1 aromatic rings. The first kappa shape index (κ1) is 16.6. The number of rotatable bonds is 4. The number of sulfone groups is 1. The van der Waals surface area contributed by atoms with Crippen molar-refractivity contribution in [1.82, 2.24) is 5.32 Å². The van der Waals surface area contributed by atoms with Gasteiger partial charge in [-0.3, -0.25) is 4.79 Å². The van der Waals surface area contributed by atoms with E-state index >= 15 is 0 Å². The lowest BCUT2D eigenvalue weighted by Gasteiger charge is -2.14. The Labute approximate surface area is 134 Å². The van der Waals surface area contributed by atoms with E-state index in [4.69, 9.17) is 11.6 Å². The topological polar surface area (TPSA) is 63.2 Å². The summed E-state index contributed by atoms with van der Waals surface area (Å²) in [4.78, 5) is 12.9. The van der Waals surface area contributed by atoms with Crippen molar-refractivity contribution in [3.63, 3.8) is 0 Å². The second kappa shape index (κ2) is 6.58. The van der Waals surface area contributed by atoms with Crippen LogP contribution in [-0.2, 0) is 14.6 Å². The van der Waals surface area contributed by atoms with Crippen molar-refractivity contribution in [2.45, 2.75) is 30.2 Å². The van der Waals surface area contributed by atoms with Gasteiger partial charge in [-0.1, -0.05) is 6.07 Å². The molecule has 0 aliphatic carbocycles. The standard InChI is InChI=1S/C14H18ClNO3S2/c1-9-3-4-11(5-10(9)2)20-6-14(17)16-13-8-21(18,19)7-12(13)15/h3-5,12-13H,6-8H2,1-2H3,(H,16,17)/t12-,13+/m0/s1. The molecule has 1 aliphatic heterocycles. The van der Waals surface area contributed by atoms with Crippen molar-refractivity contribution in [2.24, 2.45) is 0 Å². The Morgan fingerprint density at radius 1 is 1.33 bits per heavy atom. The molecule has 1 saturated heterocycles. The van der Waals surface area contributed by atoms with Gasteiger partial charge in [-0.25, -0.2) is 8.42 Å². The summed E-state index contributed by atoms with van der Waals surface area (Å²) in [6, 6.07) is 5.56. The van der Waals surface area contributed by atoms with E-state index in [1.807, 2.05) is 32.0 Å². The molecule has 1 fully saturated rings. The fraction of sp³-hybridized carbons (Fsp3) is 0.500. The molecule has 1 aliphatic rings. The van der Waals surface area contributed by atoms with E-state index in [1.165, 1.54) is 22.9 Å². The highest BCUT2D eigenvalue weighted by atomic mass is 35.5. The molecule has 1 amide bonds. The number of benzene rings is 1. The van der Waals surface area contributed by atoms with E-state index in [-0.39, 0.29) is 23.2 Å². The molecule has 116 valence electrons. The molecule has 21 heavy (non-hydrogen) atoms. The summed E-state index contributed by atoms with van der Waals surface area (Å²) in [6.07, 6.45) is 0. The van der Waals surface area contributed by atoms with Crippen LogP contribution in [-0.4, -0.2) is 43.0 Å². The number of aryl methyl sites for hydroxylation is 2. The van der Waals surface area contributed by atoms with Crippen LogP contribution in [0.4, 0.5) is 0 Å². The van der Waals surface area contributed by atoms with Crippen LogP contribution < -0.4 is 5.32 Å². The second-order valence-electron chi connectivity index (χ2n) is 5.30. The Morgan fingerprint density at radius 3 is 2.62 bits per heavy atom. The molecule has 0 spiro atoms. The Balaban J connectivity index is 1.86. The minimum absolute atomic E-state index is 0.0657. The van der Waals surface area contributed by atoms with Gasteiger partial charge in [-0.05, 0) is 37.1 Å². The molecular formula is C14H18ClNO3S2. The van der Waals surface area contributed by atoms with E-state index in [1.54, 1.807) is 0 Å². The molecule has 2 rings (SSSR count). The van der Waals surface area contributed by atoms with Crippen molar-refractivity contribution < 1.29 is 13.2 Å².